The monoisotopic (exact) mass is 374 g/mol. The number of pyridine rings is 2. The van der Waals surface area contributed by atoms with E-state index in [1.54, 1.807) is 12.4 Å². The van der Waals surface area contributed by atoms with Crippen molar-refractivity contribution in [1.29, 1.82) is 0 Å². The van der Waals surface area contributed by atoms with Crippen LogP contribution in [-0.2, 0) is 6.54 Å². The molecule has 0 spiro atoms. The molecular weight excluding hydrogens is 360 g/mol. The minimum absolute atomic E-state index is 0.431. The van der Waals surface area contributed by atoms with Crippen molar-refractivity contribution in [3.05, 3.63) is 71.7 Å². The third kappa shape index (κ3) is 2.84. The fourth-order valence-electron chi connectivity index (χ4n) is 3.33. The van der Waals surface area contributed by atoms with Gasteiger partial charge in [-0.3, -0.25) is 4.98 Å². The summed E-state index contributed by atoms with van der Waals surface area (Å²) in [5.41, 5.74) is 4.20. The molecule has 6 nitrogen and oxygen atoms in total. The normalized spacial score (nSPS) is 13.6. The Morgan fingerprint density at radius 2 is 1.93 bits per heavy atom. The highest BCUT2D eigenvalue weighted by atomic mass is 35.5. The Balaban J connectivity index is 1.73. The van der Waals surface area contributed by atoms with E-state index in [2.05, 4.69) is 30.9 Å². The number of nitrogens with zero attached hydrogens (tertiary/aromatic N) is 5. The molecule has 0 unspecified atom stereocenters. The van der Waals surface area contributed by atoms with E-state index >= 15 is 0 Å². The summed E-state index contributed by atoms with van der Waals surface area (Å²) in [5, 5.41) is 4.18. The quantitative estimate of drug-likeness (QED) is 0.580. The highest BCUT2D eigenvalue weighted by Gasteiger charge is 2.22. The number of hydrogen-bond acceptors (Lipinski definition) is 5. The highest BCUT2D eigenvalue weighted by Crippen LogP contribution is 2.39. The maximum Gasteiger partial charge on any atom is 0.251 e. The summed E-state index contributed by atoms with van der Waals surface area (Å²) in [6.45, 7) is 1.67. The molecule has 5 rings (SSSR count). The van der Waals surface area contributed by atoms with Crippen LogP contribution in [0.4, 0.5) is 11.5 Å². The van der Waals surface area contributed by atoms with E-state index in [9.17, 15) is 0 Å². The first-order chi connectivity index (χ1) is 13.3. The summed E-state index contributed by atoms with van der Waals surface area (Å²) in [6, 6.07) is 13.6. The molecule has 0 radical (unpaired) electrons. The van der Waals surface area contributed by atoms with Crippen molar-refractivity contribution in [2.24, 2.45) is 4.99 Å². The van der Waals surface area contributed by atoms with Gasteiger partial charge in [-0.25, -0.2) is 9.98 Å². The molecule has 0 fully saturated rings. The van der Waals surface area contributed by atoms with Crippen molar-refractivity contribution in [2.45, 2.75) is 6.54 Å². The lowest BCUT2D eigenvalue weighted by atomic mass is 10.0. The predicted molar refractivity (Wildman–Crippen MR) is 105 cm³/mol. The second-order valence-corrected chi connectivity index (χ2v) is 6.64. The van der Waals surface area contributed by atoms with Gasteiger partial charge in [0.15, 0.2) is 0 Å². The standard InChI is InChI=1S/C20H15ClN6/c21-17-4-2-1-3-15(17)16-11-13-12-24-20(25-14-5-7-22-8-6-14)26-18(13)27-10-9-23-19(16)27/h1-8,11-12,23H,9-10H2. The number of benzene rings is 1. The average molecular weight is 375 g/mol. The second-order valence-electron chi connectivity index (χ2n) is 6.23. The lowest BCUT2D eigenvalue weighted by Gasteiger charge is -2.17. The van der Waals surface area contributed by atoms with Gasteiger partial charge in [0.1, 0.15) is 11.6 Å². The zero-order chi connectivity index (χ0) is 18.2. The highest BCUT2D eigenvalue weighted by molar-refractivity contribution is 6.33. The van der Waals surface area contributed by atoms with Gasteiger partial charge < -0.3 is 9.88 Å². The van der Waals surface area contributed by atoms with Gasteiger partial charge in [-0.05, 0) is 24.3 Å². The predicted octanol–water partition coefficient (Wildman–Crippen LogP) is 3.76. The molecule has 7 heteroatoms. The summed E-state index contributed by atoms with van der Waals surface area (Å²) < 4.78 is 2.17. The molecule has 2 aromatic rings. The van der Waals surface area contributed by atoms with Gasteiger partial charge in [0.05, 0.1) is 5.69 Å². The molecule has 3 aliphatic rings. The molecule has 132 valence electrons. The molecule has 0 bridgehead atoms. The molecule has 4 heterocycles. The fraction of sp³-hybridized carbons (Fsp3) is 0.100. The van der Waals surface area contributed by atoms with Gasteiger partial charge in [0, 0.05) is 53.4 Å². The minimum Gasteiger partial charge on any atom is -0.369 e. The van der Waals surface area contributed by atoms with Crippen LogP contribution in [0.15, 0.2) is 66.0 Å². The molecule has 3 aliphatic heterocycles. The Morgan fingerprint density at radius 3 is 2.78 bits per heavy atom. The molecule has 0 amide bonds. The summed E-state index contributed by atoms with van der Waals surface area (Å²) in [7, 11) is 0. The van der Waals surface area contributed by atoms with Crippen LogP contribution in [0.25, 0.3) is 22.5 Å². The molecule has 1 aromatic heterocycles. The first kappa shape index (κ1) is 16.0. The Labute approximate surface area is 160 Å². The maximum atomic E-state index is 6.44. The Hall–Kier alpha value is -3.25. The largest absolute Gasteiger partial charge is 0.369 e. The van der Waals surface area contributed by atoms with Crippen molar-refractivity contribution in [1.82, 2.24) is 19.5 Å². The smallest absolute Gasteiger partial charge is 0.251 e. The summed E-state index contributed by atoms with van der Waals surface area (Å²) >= 11 is 6.44. The fourth-order valence-corrected chi connectivity index (χ4v) is 3.57. The van der Waals surface area contributed by atoms with Crippen LogP contribution in [0.5, 0.6) is 0 Å². The Morgan fingerprint density at radius 1 is 1.07 bits per heavy atom. The van der Waals surface area contributed by atoms with Crippen LogP contribution in [0.1, 0.15) is 0 Å². The number of hydrogen-bond donors (Lipinski definition) is 1. The molecule has 27 heavy (non-hydrogen) atoms. The van der Waals surface area contributed by atoms with Gasteiger partial charge in [0.2, 0.25) is 0 Å². The van der Waals surface area contributed by atoms with E-state index in [4.69, 9.17) is 16.6 Å². The van der Waals surface area contributed by atoms with Gasteiger partial charge in [-0.1, -0.05) is 29.8 Å². The number of halogens is 1. The number of aromatic nitrogens is 4. The minimum atomic E-state index is 0.431. The van der Waals surface area contributed by atoms with Crippen molar-refractivity contribution in [2.75, 3.05) is 11.9 Å². The Kier molecular flexibility index (Phi) is 3.83. The van der Waals surface area contributed by atoms with E-state index in [1.165, 1.54) is 0 Å². The van der Waals surface area contributed by atoms with Crippen LogP contribution >= 0.6 is 11.6 Å². The lowest BCUT2D eigenvalue weighted by Crippen LogP contribution is -2.17. The van der Waals surface area contributed by atoms with Crippen LogP contribution in [-0.4, -0.2) is 26.1 Å². The van der Waals surface area contributed by atoms with Gasteiger partial charge in [-0.15, -0.1) is 0 Å². The van der Waals surface area contributed by atoms with Gasteiger partial charge >= 0.3 is 0 Å². The maximum absolute atomic E-state index is 6.44. The second kappa shape index (κ2) is 6.48. The number of anilines is 1. The van der Waals surface area contributed by atoms with Crippen molar-refractivity contribution in [3.8, 4) is 22.5 Å². The number of rotatable bonds is 2. The van der Waals surface area contributed by atoms with E-state index in [0.717, 1.165) is 52.1 Å². The molecule has 0 saturated heterocycles. The molecule has 0 atom stereocenters. The van der Waals surface area contributed by atoms with E-state index in [0.29, 0.717) is 5.62 Å². The zero-order valence-corrected chi connectivity index (χ0v) is 15.1. The van der Waals surface area contributed by atoms with E-state index < -0.39 is 0 Å². The van der Waals surface area contributed by atoms with Crippen LogP contribution in [0.2, 0.25) is 5.02 Å². The van der Waals surface area contributed by atoms with Crippen molar-refractivity contribution >= 4 is 23.1 Å². The number of nitrogens with one attached hydrogen (secondary N) is 1. The first-order valence-corrected chi connectivity index (χ1v) is 9.01. The lowest BCUT2D eigenvalue weighted by molar-refractivity contribution is 0.780. The summed E-state index contributed by atoms with van der Waals surface area (Å²) in [6.07, 6.45) is 5.21. The van der Waals surface area contributed by atoms with Crippen LogP contribution in [0.3, 0.4) is 0 Å². The SMILES string of the molecule is Clc1ccccc1-c1cc2cnc(=Nc3ccncc3)nc-2n2c1NCC2. The Bertz CT molecular complexity index is 1170. The van der Waals surface area contributed by atoms with E-state index in [-0.39, 0.29) is 0 Å². The van der Waals surface area contributed by atoms with Crippen LogP contribution < -0.4 is 10.9 Å². The summed E-state index contributed by atoms with van der Waals surface area (Å²) in [5.74, 6) is 1.87. The molecule has 1 aromatic carbocycles. The van der Waals surface area contributed by atoms with Gasteiger partial charge in [0.25, 0.3) is 5.62 Å². The molecule has 0 saturated carbocycles. The zero-order valence-electron chi connectivity index (χ0n) is 14.3. The molecule has 1 N–H and O–H groups in total. The third-order valence-corrected chi connectivity index (χ3v) is 4.88. The summed E-state index contributed by atoms with van der Waals surface area (Å²) in [4.78, 5) is 17.6. The van der Waals surface area contributed by atoms with Gasteiger partial charge in [-0.2, -0.15) is 4.98 Å². The molecule has 0 aliphatic carbocycles. The van der Waals surface area contributed by atoms with Crippen molar-refractivity contribution in [3.63, 3.8) is 0 Å². The third-order valence-electron chi connectivity index (χ3n) is 4.55. The van der Waals surface area contributed by atoms with Crippen LogP contribution in [0, 0.1) is 0 Å². The average Bonchev–Trinajstić information content (AvgIpc) is 3.19. The first-order valence-electron chi connectivity index (χ1n) is 8.64. The topological polar surface area (TPSA) is 68.0 Å². The van der Waals surface area contributed by atoms with E-state index in [1.807, 2.05) is 42.6 Å². The number of fused-ring (bicyclic) bond motifs is 3. The molecular formula is C20H15ClN6. The van der Waals surface area contributed by atoms with Crippen molar-refractivity contribution < 1.29 is 0 Å².